The van der Waals surface area contributed by atoms with Crippen molar-refractivity contribution in [1.29, 1.82) is 0 Å². The van der Waals surface area contributed by atoms with Crippen LogP contribution in [0.1, 0.15) is 44.9 Å². The number of sulfone groups is 1. The predicted octanol–water partition coefficient (Wildman–Crippen LogP) is 2.80. The van der Waals surface area contributed by atoms with Gasteiger partial charge in [-0.2, -0.15) is 0 Å². The molecule has 0 unspecified atom stereocenters. The number of benzene rings is 1. The summed E-state index contributed by atoms with van der Waals surface area (Å²) >= 11 is 5.85. The van der Waals surface area contributed by atoms with Gasteiger partial charge in [-0.1, -0.05) is 24.4 Å². The molecule has 8 heteroatoms. The number of carboxylic acids is 1. The molecular weight excluding hydrogens is 378 g/mol. The van der Waals surface area contributed by atoms with Gasteiger partial charge in [-0.05, 0) is 56.4 Å². The van der Waals surface area contributed by atoms with Gasteiger partial charge in [0.05, 0.1) is 10.8 Å². The van der Waals surface area contributed by atoms with Crippen LogP contribution in [0.4, 0.5) is 0 Å². The summed E-state index contributed by atoms with van der Waals surface area (Å²) in [7, 11) is -3.87. The summed E-state index contributed by atoms with van der Waals surface area (Å²) in [5.41, 5.74) is 0. The molecule has 26 heavy (non-hydrogen) atoms. The standard InChI is InChI=1S/C18H22ClNO5S/c19-13-4-7-15(8-5-13)26(24,25)18(9-1-2-10-18)17(23)20-14-6-3-12(11-14)16(21)22/h4-5,7-8,12,14H,1-3,6,9-11H2,(H,20,23)(H,21,22)/t12-,14+/m1/s1. The second-order valence-electron chi connectivity index (χ2n) is 7.18. The number of carbonyl (C=O) groups excluding carboxylic acids is 1. The minimum absolute atomic E-state index is 0.0915. The molecule has 2 atom stereocenters. The van der Waals surface area contributed by atoms with Crippen LogP contribution >= 0.6 is 11.6 Å². The number of carbonyl (C=O) groups is 2. The number of nitrogens with one attached hydrogen (secondary N) is 1. The molecule has 142 valence electrons. The monoisotopic (exact) mass is 399 g/mol. The molecule has 0 aromatic heterocycles. The molecule has 1 amide bonds. The van der Waals surface area contributed by atoms with E-state index in [1.54, 1.807) is 0 Å². The Balaban J connectivity index is 1.84. The Bertz CT molecular complexity index is 799. The number of carboxylic acid groups (broad SMARTS) is 1. The van der Waals surface area contributed by atoms with Gasteiger partial charge in [-0.15, -0.1) is 0 Å². The first-order valence-electron chi connectivity index (χ1n) is 8.80. The molecule has 1 aromatic carbocycles. The van der Waals surface area contributed by atoms with Gasteiger partial charge in [0.15, 0.2) is 14.6 Å². The fourth-order valence-electron chi connectivity index (χ4n) is 4.06. The third-order valence-corrected chi connectivity index (χ3v) is 8.35. The van der Waals surface area contributed by atoms with Crippen LogP contribution in [0.3, 0.4) is 0 Å². The fourth-order valence-corrected chi connectivity index (χ4v) is 6.26. The van der Waals surface area contributed by atoms with Crippen molar-refractivity contribution in [1.82, 2.24) is 5.32 Å². The molecule has 0 aliphatic heterocycles. The largest absolute Gasteiger partial charge is 0.481 e. The highest BCUT2D eigenvalue weighted by atomic mass is 35.5. The van der Waals surface area contributed by atoms with Gasteiger partial charge in [0.25, 0.3) is 0 Å². The number of amides is 1. The Morgan fingerprint density at radius 3 is 2.27 bits per heavy atom. The van der Waals surface area contributed by atoms with Gasteiger partial charge >= 0.3 is 5.97 Å². The highest BCUT2D eigenvalue weighted by Gasteiger charge is 2.53. The quantitative estimate of drug-likeness (QED) is 0.792. The number of aliphatic carboxylic acids is 1. The molecule has 0 radical (unpaired) electrons. The van der Waals surface area contributed by atoms with Crippen LogP contribution in [-0.4, -0.2) is 36.2 Å². The van der Waals surface area contributed by atoms with Crippen molar-refractivity contribution in [2.45, 2.75) is 60.6 Å². The maximum absolute atomic E-state index is 13.3. The van der Waals surface area contributed by atoms with E-state index < -0.39 is 32.4 Å². The van der Waals surface area contributed by atoms with Gasteiger partial charge in [-0.3, -0.25) is 9.59 Å². The van der Waals surface area contributed by atoms with Crippen LogP contribution in [0.25, 0.3) is 0 Å². The molecule has 2 N–H and O–H groups in total. The molecule has 0 saturated heterocycles. The first kappa shape index (κ1) is 19.2. The van der Waals surface area contributed by atoms with E-state index in [0.29, 0.717) is 37.1 Å². The normalized spacial score (nSPS) is 25.1. The predicted molar refractivity (Wildman–Crippen MR) is 96.7 cm³/mol. The van der Waals surface area contributed by atoms with Crippen molar-refractivity contribution >= 4 is 33.3 Å². The minimum atomic E-state index is -3.87. The molecule has 0 spiro atoms. The van der Waals surface area contributed by atoms with Gasteiger partial charge in [0, 0.05) is 11.1 Å². The van der Waals surface area contributed by atoms with Crippen LogP contribution in [0.5, 0.6) is 0 Å². The van der Waals surface area contributed by atoms with E-state index in [9.17, 15) is 18.0 Å². The highest BCUT2D eigenvalue weighted by Crippen LogP contribution is 2.41. The zero-order valence-corrected chi connectivity index (χ0v) is 15.9. The van der Waals surface area contributed by atoms with E-state index >= 15 is 0 Å². The maximum atomic E-state index is 13.3. The minimum Gasteiger partial charge on any atom is -0.481 e. The molecular formula is C18H22ClNO5S. The van der Waals surface area contributed by atoms with E-state index in [-0.39, 0.29) is 23.8 Å². The topological polar surface area (TPSA) is 101 Å². The SMILES string of the molecule is O=C(O)[C@@H]1CC[C@H](NC(=O)C2(S(=O)(=O)c3ccc(Cl)cc3)CCCC2)C1. The third-order valence-electron chi connectivity index (χ3n) is 5.58. The first-order chi connectivity index (χ1) is 12.3. The molecule has 2 saturated carbocycles. The van der Waals surface area contributed by atoms with E-state index in [2.05, 4.69) is 5.32 Å². The van der Waals surface area contributed by atoms with Crippen molar-refractivity contribution in [2.24, 2.45) is 5.92 Å². The molecule has 1 aromatic rings. The van der Waals surface area contributed by atoms with Gasteiger partial charge in [0.2, 0.25) is 5.91 Å². The smallest absolute Gasteiger partial charge is 0.306 e. The molecule has 2 aliphatic rings. The zero-order valence-electron chi connectivity index (χ0n) is 14.3. The Hall–Kier alpha value is -1.60. The second-order valence-corrected chi connectivity index (χ2v) is 9.87. The lowest BCUT2D eigenvalue weighted by molar-refractivity contribution is -0.141. The summed E-state index contributed by atoms with van der Waals surface area (Å²) in [6, 6.07) is 5.58. The molecule has 2 fully saturated rings. The molecule has 6 nitrogen and oxygen atoms in total. The molecule has 0 bridgehead atoms. The van der Waals surface area contributed by atoms with Crippen LogP contribution in [-0.2, 0) is 19.4 Å². The van der Waals surface area contributed by atoms with Gasteiger partial charge in [-0.25, -0.2) is 8.42 Å². The Morgan fingerprint density at radius 1 is 1.12 bits per heavy atom. The average Bonchev–Trinajstić information content (AvgIpc) is 3.25. The second kappa shape index (κ2) is 7.19. The molecule has 3 rings (SSSR count). The maximum Gasteiger partial charge on any atom is 0.306 e. The van der Waals surface area contributed by atoms with Crippen molar-refractivity contribution in [3.8, 4) is 0 Å². The fraction of sp³-hybridized carbons (Fsp3) is 0.556. The third kappa shape index (κ3) is 3.34. The van der Waals surface area contributed by atoms with E-state index in [1.807, 2.05) is 0 Å². The lowest BCUT2D eigenvalue weighted by Gasteiger charge is -2.29. The number of hydrogen-bond acceptors (Lipinski definition) is 4. The summed E-state index contributed by atoms with van der Waals surface area (Å²) in [5.74, 6) is -1.85. The van der Waals surface area contributed by atoms with Gasteiger partial charge < -0.3 is 10.4 Å². The Kier molecular flexibility index (Phi) is 5.30. The summed E-state index contributed by atoms with van der Waals surface area (Å²) in [4.78, 5) is 24.2. The van der Waals surface area contributed by atoms with Crippen molar-refractivity contribution in [3.05, 3.63) is 29.3 Å². The summed E-state index contributed by atoms with van der Waals surface area (Å²) in [5, 5.41) is 12.4. The first-order valence-corrected chi connectivity index (χ1v) is 10.7. The van der Waals surface area contributed by atoms with E-state index in [1.165, 1.54) is 24.3 Å². The summed E-state index contributed by atoms with van der Waals surface area (Å²) in [6.45, 7) is 0. The lowest BCUT2D eigenvalue weighted by atomic mass is 10.0. The van der Waals surface area contributed by atoms with E-state index in [0.717, 1.165) is 0 Å². The van der Waals surface area contributed by atoms with Crippen LogP contribution in [0.15, 0.2) is 29.2 Å². The average molecular weight is 400 g/mol. The van der Waals surface area contributed by atoms with Crippen molar-refractivity contribution in [3.63, 3.8) is 0 Å². The Labute approximate surface area is 157 Å². The van der Waals surface area contributed by atoms with Gasteiger partial charge in [0.1, 0.15) is 0 Å². The van der Waals surface area contributed by atoms with Crippen LogP contribution in [0, 0.1) is 5.92 Å². The zero-order chi connectivity index (χ0) is 18.9. The van der Waals surface area contributed by atoms with Crippen molar-refractivity contribution in [2.75, 3.05) is 0 Å². The van der Waals surface area contributed by atoms with Crippen molar-refractivity contribution < 1.29 is 23.1 Å². The summed E-state index contributed by atoms with van der Waals surface area (Å²) in [6.07, 6.45) is 3.29. The summed E-state index contributed by atoms with van der Waals surface area (Å²) < 4.78 is 25.0. The molecule has 2 aliphatic carbocycles. The number of rotatable bonds is 5. The van der Waals surface area contributed by atoms with Crippen LogP contribution in [0.2, 0.25) is 5.02 Å². The number of halogens is 1. The number of hydrogen-bond donors (Lipinski definition) is 2. The van der Waals surface area contributed by atoms with E-state index in [4.69, 9.17) is 16.7 Å². The molecule has 0 heterocycles. The lowest BCUT2D eigenvalue weighted by Crippen LogP contribution is -2.53. The highest BCUT2D eigenvalue weighted by molar-refractivity contribution is 7.93. The van der Waals surface area contributed by atoms with Crippen LogP contribution < -0.4 is 5.32 Å². The Morgan fingerprint density at radius 2 is 1.73 bits per heavy atom.